The number of phenols is 1. The molecular weight excluding hydrogens is 214 g/mol. The van der Waals surface area contributed by atoms with Gasteiger partial charge in [0.25, 0.3) is 5.91 Å². The second-order valence-electron chi connectivity index (χ2n) is 2.86. The molecule has 0 spiro atoms. The number of aromatic hydroxyl groups is 1. The van der Waals surface area contributed by atoms with Crippen LogP contribution in [0.5, 0.6) is 5.75 Å². The van der Waals surface area contributed by atoms with Gasteiger partial charge >= 0.3 is 5.97 Å². The van der Waals surface area contributed by atoms with Gasteiger partial charge in [0.1, 0.15) is 5.75 Å². The van der Waals surface area contributed by atoms with Crippen LogP contribution >= 0.6 is 0 Å². The van der Waals surface area contributed by atoms with Gasteiger partial charge in [-0.1, -0.05) is 0 Å². The first-order valence-electron chi connectivity index (χ1n) is 4.34. The molecule has 0 bridgehead atoms. The fourth-order valence-electron chi connectivity index (χ4n) is 1.12. The molecule has 1 aromatic carbocycles. The van der Waals surface area contributed by atoms with Crippen LogP contribution in [0.4, 0.5) is 0 Å². The topological polar surface area (TPSA) is 84.9 Å². The Kier molecular flexibility index (Phi) is 3.84. The van der Waals surface area contributed by atoms with Crippen LogP contribution in [0.3, 0.4) is 0 Å². The van der Waals surface area contributed by atoms with E-state index in [0.29, 0.717) is 0 Å². The third-order valence-corrected chi connectivity index (χ3v) is 1.86. The fraction of sp³-hybridized carbons (Fsp3) is 0.200. The van der Waals surface area contributed by atoms with Crippen LogP contribution in [-0.2, 0) is 9.57 Å². The number of hydrogen-bond acceptors (Lipinski definition) is 5. The van der Waals surface area contributed by atoms with E-state index in [9.17, 15) is 14.7 Å². The van der Waals surface area contributed by atoms with Gasteiger partial charge in [-0.25, -0.2) is 10.3 Å². The number of nitrogens with one attached hydrogen (secondary N) is 1. The zero-order valence-electron chi connectivity index (χ0n) is 8.81. The van der Waals surface area contributed by atoms with Gasteiger partial charge in [-0.05, 0) is 18.2 Å². The number of hydroxylamine groups is 1. The Morgan fingerprint density at radius 3 is 2.50 bits per heavy atom. The van der Waals surface area contributed by atoms with Crippen LogP contribution in [0, 0.1) is 0 Å². The van der Waals surface area contributed by atoms with Crippen LogP contribution in [0.1, 0.15) is 20.7 Å². The van der Waals surface area contributed by atoms with Crippen molar-refractivity contribution in [2.75, 3.05) is 14.2 Å². The van der Waals surface area contributed by atoms with Crippen molar-refractivity contribution in [1.29, 1.82) is 0 Å². The average molecular weight is 225 g/mol. The van der Waals surface area contributed by atoms with Gasteiger partial charge < -0.3 is 9.84 Å². The van der Waals surface area contributed by atoms with Crippen molar-refractivity contribution < 1.29 is 24.3 Å². The van der Waals surface area contributed by atoms with Gasteiger partial charge in [0.2, 0.25) is 0 Å². The molecule has 0 radical (unpaired) electrons. The first-order chi connectivity index (χ1) is 7.60. The molecule has 0 saturated carbocycles. The third-order valence-electron chi connectivity index (χ3n) is 1.86. The van der Waals surface area contributed by atoms with Gasteiger partial charge in [0, 0.05) is 0 Å². The SMILES string of the molecule is CONC(=O)c1ccc(C(=O)OC)cc1O. The van der Waals surface area contributed by atoms with Crippen molar-refractivity contribution in [3.8, 4) is 5.75 Å². The maximum absolute atomic E-state index is 11.3. The number of benzene rings is 1. The van der Waals surface area contributed by atoms with Crippen molar-refractivity contribution >= 4 is 11.9 Å². The van der Waals surface area contributed by atoms with Crippen molar-refractivity contribution in [1.82, 2.24) is 5.48 Å². The number of esters is 1. The molecule has 16 heavy (non-hydrogen) atoms. The van der Waals surface area contributed by atoms with Gasteiger partial charge in [-0.2, -0.15) is 0 Å². The molecule has 0 unspecified atom stereocenters. The monoisotopic (exact) mass is 225 g/mol. The van der Waals surface area contributed by atoms with Crippen LogP contribution < -0.4 is 5.48 Å². The van der Waals surface area contributed by atoms with Crippen molar-refractivity contribution in [2.45, 2.75) is 0 Å². The number of ether oxygens (including phenoxy) is 1. The zero-order valence-corrected chi connectivity index (χ0v) is 8.81. The Morgan fingerprint density at radius 1 is 1.31 bits per heavy atom. The summed E-state index contributed by atoms with van der Waals surface area (Å²) < 4.78 is 4.46. The summed E-state index contributed by atoms with van der Waals surface area (Å²) in [6.07, 6.45) is 0. The van der Waals surface area contributed by atoms with Gasteiger partial charge in [-0.3, -0.25) is 9.63 Å². The standard InChI is InChI=1S/C10H11NO5/c1-15-10(14)6-3-4-7(8(12)5-6)9(13)11-16-2/h3-5,12H,1-2H3,(H,11,13). The predicted octanol–water partition coefficient (Wildman–Crippen LogP) is 0.470. The Balaban J connectivity index is 3.00. The second-order valence-corrected chi connectivity index (χ2v) is 2.86. The van der Waals surface area contributed by atoms with Crippen LogP contribution in [0.25, 0.3) is 0 Å². The summed E-state index contributed by atoms with van der Waals surface area (Å²) in [7, 11) is 2.50. The summed E-state index contributed by atoms with van der Waals surface area (Å²) in [6, 6.07) is 3.82. The summed E-state index contributed by atoms with van der Waals surface area (Å²) in [4.78, 5) is 26.8. The van der Waals surface area contributed by atoms with Gasteiger partial charge in [0.05, 0.1) is 25.3 Å². The summed E-state index contributed by atoms with van der Waals surface area (Å²) in [6.45, 7) is 0. The predicted molar refractivity (Wildman–Crippen MR) is 53.9 cm³/mol. The van der Waals surface area contributed by atoms with Crippen molar-refractivity contribution in [3.05, 3.63) is 29.3 Å². The van der Waals surface area contributed by atoms with E-state index in [1.165, 1.54) is 26.4 Å². The summed E-state index contributed by atoms with van der Waals surface area (Å²) in [5.41, 5.74) is 2.22. The molecule has 1 amide bonds. The Labute approximate surface area is 91.7 Å². The molecular formula is C10H11NO5. The maximum Gasteiger partial charge on any atom is 0.337 e. The summed E-state index contributed by atoms with van der Waals surface area (Å²) in [5.74, 6) is -1.51. The minimum Gasteiger partial charge on any atom is -0.507 e. The van der Waals surface area contributed by atoms with Crippen LogP contribution in [0.15, 0.2) is 18.2 Å². The molecule has 2 N–H and O–H groups in total. The first-order valence-corrected chi connectivity index (χ1v) is 4.34. The maximum atomic E-state index is 11.3. The van der Waals surface area contributed by atoms with E-state index in [2.05, 4.69) is 15.1 Å². The van der Waals surface area contributed by atoms with Gasteiger partial charge in [0.15, 0.2) is 0 Å². The molecule has 0 aromatic heterocycles. The van der Waals surface area contributed by atoms with E-state index in [4.69, 9.17) is 0 Å². The number of carbonyl (C=O) groups is 2. The minimum atomic E-state index is -0.601. The lowest BCUT2D eigenvalue weighted by atomic mass is 10.1. The van der Waals surface area contributed by atoms with E-state index in [-0.39, 0.29) is 16.9 Å². The molecule has 0 atom stereocenters. The van der Waals surface area contributed by atoms with Crippen LogP contribution in [-0.4, -0.2) is 31.2 Å². The molecule has 86 valence electrons. The number of phenolic OH excluding ortho intramolecular Hbond substituents is 1. The largest absolute Gasteiger partial charge is 0.507 e. The molecule has 0 saturated heterocycles. The molecule has 0 aliphatic rings. The number of rotatable bonds is 3. The van der Waals surface area contributed by atoms with E-state index in [0.717, 1.165) is 6.07 Å². The molecule has 0 heterocycles. The van der Waals surface area contributed by atoms with Gasteiger partial charge in [-0.15, -0.1) is 0 Å². The lowest BCUT2D eigenvalue weighted by Gasteiger charge is -2.05. The molecule has 6 heteroatoms. The summed E-state index contributed by atoms with van der Waals surface area (Å²) in [5, 5.41) is 9.51. The molecule has 1 rings (SSSR count). The summed E-state index contributed by atoms with van der Waals surface area (Å²) >= 11 is 0. The quantitative estimate of drug-likeness (QED) is 0.577. The number of carbonyl (C=O) groups excluding carboxylic acids is 2. The van der Waals surface area contributed by atoms with E-state index < -0.39 is 11.9 Å². The molecule has 1 aromatic rings. The molecule has 0 fully saturated rings. The second kappa shape index (κ2) is 5.13. The smallest absolute Gasteiger partial charge is 0.337 e. The normalized spacial score (nSPS) is 9.62. The lowest BCUT2D eigenvalue weighted by Crippen LogP contribution is -2.22. The first kappa shape index (κ1) is 12.0. The minimum absolute atomic E-state index is 0.00880. The van der Waals surface area contributed by atoms with Crippen LogP contribution in [0.2, 0.25) is 0 Å². The van der Waals surface area contributed by atoms with Crippen molar-refractivity contribution in [3.63, 3.8) is 0 Å². The third kappa shape index (κ3) is 2.48. The number of amides is 1. The Morgan fingerprint density at radius 2 is 2.00 bits per heavy atom. The highest BCUT2D eigenvalue weighted by Crippen LogP contribution is 2.19. The lowest BCUT2D eigenvalue weighted by molar-refractivity contribution is 0.0533. The number of hydrogen-bond donors (Lipinski definition) is 2. The Hall–Kier alpha value is -2.08. The number of methoxy groups -OCH3 is 1. The Bertz CT molecular complexity index is 416. The van der Waals surface area contributed by atoms with E-state index in [1.54, 1.807) is 0 Å². The van der Waals surface area contributed by atoms with E-state index in [1.807, 2.05) is 0 Å². The fourth-order valence-corrected chi connectivity index (χ4v) is 1.12. The van der Waals surface area contributed by atoms with Crippen molar-refractivity contribution in [2.24, 2.45) is 0 Å². The zero-order chi connectivity index (χ0) is 12.1. The highest BCUT2D eigenvalue weighted by molar-refractivity contribution is 5.98. The highest BCUT2D eigenvalue weighted by Gasteiger charge is 2.14. The molecule has 0 aliphatic heterocycles. The average Bonchev–Trinajstić information content (AvgIpc) is 2.28. The van der Waals surface area contributed by atoms with E-state index >= 15 is 0 Å². The highest BCUT2D eigenvalue weighted by atomic mass is 16.6. The molecule has 0 aliphatic carbocycles. The molecule has 6 nitrogen and oxygen atoms in total.